The van der Waals surface area contributed by atoms with E-state index >= 15 is 0 Å². The molecule has 0 atom stereocenters. The second-order valence-corrected chi connectivity index (χ2v) is 7.07. The fourth-order valence-electron chi connectivity index (χ4n) is 3.28. The van der Waals surface area contributed by atoms with E-state index in [2.05, 4.69) is 25.8 Å². The van der Waals surface area contributed by atoms with Gasteiger partial charge in [-0.3, -0.25) is 9.89 Å². The van der Waals surface area contributed by atoms with E-state index in [0.717, 1.165) is 28.2 Å². The van der Waals surface area contributed by atoms with Gasteiger partial charge in [0.25, 0.3) is 5.91 Å². The van der Waals surface area contributed by atoms with Crippen LogP contribution in [0.2, 0.25) is 0 Å². The lowest BCUT2D eigenvalue weighted by Crippen LogP contribution is -2.17. The lowest BCUT2D eigenvalue weighted by Gasteiger charge is -2.04. The molecule has 0 saturated carbocycles. The maximum atomic E-state index is 12.4. The first-order chi connectivity index (χ1) is 14.5. The van der Waals surface area contributed by atoms with Crippen molar-refractivity contribution in [3.8, 4) is 16.9 Å². The molecule has 0 bridgehead atoms. The van der Waals surface area contributed by atoms with Crippen LogP contribution >= 0.6 is 0 Å². The summed E-state index contributed by atoms with van der Waals surface area (Å²) in [5.74, 6) is -0.358. The van der Waals surface area contributed by atoms with Crippen molar-refractivity contribution in [3.63, 3.8) is 0 Å². The standard InChI is InChI=1S/C23H22N6O/c1-15-9-11-18(12-10-15)14-24-27-23(30)21-13-20(25-26-21)22-16(2)28-29(17(22)3)19-7-5-4-6-8-19/h4-14H,1-3H3,(H,25,26)(H,27,30). The Hall–Kier alpha value is -4.00. The molecule has 0 saturated heterocycles. The molecule has 0 aliphatic rings. The highest BCUT2D eigenvalue weighted by Crippen LogP contribution is 2.27. The van der Waals surface area contributed by atoms with Crippen molar-refractivity contribution in [2.75, 3.05) is 0 Å². The second-order valence-electron chi connectivity index (χ2n) is 7.07. The summed E-state index contributed by atoms with van der Waals surface area (Å²) < 4.78 is 1.88. The highest BCUT2D eigenvalue weighted by molar-refractivity contribution is 5.94. The summed E-state index contributed by atoms with van der Waals surface area (Å²) in [5.41, 5.74) is 9.27. The van der Waals surface area contributed by atoms with Crippen LogP contribution in [-0.2, 0) is 0 Å². The van der Waals surface area contributed by atoms with E-state index < -0.39 is 0 Å². The summed E-state index contributed by atoms with van der Waals surface area (Å²) in [6, 6.07) is 19.5. The molecule has 2 aromatic carbocycles. The SMILES string of the molecule is Cc1ccc(C=NNC(=O)c2cc(-c3c(C)nn(-c4ccccc4)c3C)n[nH]2)cc1. The highest BCUT2D eigenvalue weighted by Gasteiger charge is 2.18. The first kappa shape index (κ1) is 19.3. The minimum Gasteiger partial charge on any atom is -0.272 e. The van der Waals surface area contributed by atoms with Gasteiger partial charge in [-0.25, -0.2) is 10.1 Å². The van der Waals surface area contributed by atoms with Gasteiger partial charge in [-0.1, -0.05) is 48.0 Å². The minimum absolute atomic E-state index is 0.331. The van der Waals surface area contributed by atoms with Crippen molar-refractivity contribution >= 4 is 12.1 Å². The maximum absolute atomic E-state index is 12.4. The summed E-state index contributed by atoms with van der Waals surface area (Å²) in [7, 11) is 0. The van der Waals surface area contributed by atoms with E-state index in [1.54, 1.807) is 12.3 Å². The molecule has 150 valence electrons. The zero-order valence-electron chi connectivity index (χ0n) is 17.0. The number of hydrogen-bond acceptors (Lipinski definition) is 4. The average molecular weight is 398 g/mol. The number of aromatic amines is 1. The van der Waals surface area contributed by atoms with Gasteiger partial charge in [-0.2, -0.15) is 15.3 Å². The molecule has 4 aromatic rings. The van der Waals surface area contributed by atoms with Crippen LogP contribution in [-0.4, -0.2) is 32.1 Å². The van der Waals surface area contributed by atoms with E-state index in [9.17, 15) is 4.79 Å². The number of rotatable bonds is 5. The normalized spacial score (nSPS) is 11.2. The number of aryl methyl sites for hydroxylation is 2. The number of nitrogens with zero attached hydrogens (tertiary/aromatic N) is 4. The van der Waals surface area contributed by atoms with Gasteiger partial charge in [-0.15, -0.1) is 0 Å². The van der Waals surface area contributed by atoms with E-state index in [0.29, 0.717) is 11.4 Å². The van der Waals surface area contributed by atoms with Gasteiger partial charge < -0.3 is 0 Å². The van der Waals surface area contributed by atoms with Gasteiger partial charge in [0.05, 0.1) is 29.0 Å². The van der Waals surface area contributed by atoms with Crippen LogP contribution in [0.25, 0.3) is 16.9 Å². The molecule has 0 aliphatic heterocycles. The molecule has 2 aromatic heterocycles. The molecule has 0 aliphatic carbocycles. The largest absolute Gasteiger partial charge is 0.289 e. The molecule has 30 heavy (non-hydrogen) atoms. The summed E-state index contributed by atoms with van der Waals surface area (Å²) >= 11 is 0. The Labute approximate surface area is 174 Å². The zero-order valence-corrected chi connectivity index (χ0v) is 17.0. The second kappa shape index (κ2) is 8.16. The van der Waals surface area contributed by atoms with Gasteiger partial charge in [-0.05, 0) is 44.5 Å². The molecule has 0 fully saturated rings. The third-order valence-corrected chi connectivity index (χ3v) is 4.83. The van der Waals surface area contributed by atoms with Gasteiger partial charge >= 0.3 is 0 Å². The van der Waals surface area contributed by atoms with Crippen molar-refractivity contribution in [3.05, 3.63) is 88.9 Å². The Balaban J connectivity index is 1.52. The molecule has 0 unspecified atom stereocenters. The molecule has 7 heteroatoms. The quantitative estimate of drug-likeness (QED) is 0.394. The highest BCUT2D eigenvalue weighted by atomic mass is 16.2. The maximum Gasteiger partial charge on any atom is 0.289 e. The first-order valence-electron chi connectivity index (χ1n) is 9.60. The Kier molecular flexibility index (Phi) is 5.26. The Morgan fingerprint density at radius 2 is 1.80 bits per heavy atom. The molecule has 0 spiro atoms. The van der Waals surface area contributed by atoms with Gasteiger partial charge in [0.2, 0.25) is 0 Å². The van der Waals surface area contributed by atoms with E-state index in [4.69, 9.17) is 0 Å². The molecule has 7 nitrogen and oxygen atoms in total. The lowest BCUT2D eigenvalue weighted by molar-refractivity contribution is 0.0950. The number of benzene rings is 2. The third kappa shape index (κ3) is 3.91. The van der Waals surface area contributed by atoms with Crippen molar-refractivity contribution in [1.29, 1.82) is 0 Å². The van der Waals surface area contributed by atoms with Crippen LogP contribution in [0, 0.1) is 20.8 Å². The number of nitrogens with one attached hydrogen (secondary N) is 2. The summed E-state index contributed by atoms with van der Waals surface area (Å²) in [4.78, 5) is 12.4. The third-order valence-electron chi connectivity index (χ3n) is 4.83. The zero-order chi connectivity index (χ0) is 21.1. The van der Waals surface area contributed by atoms with E-state index in [1.807, 2.05) is 80.1 Å². The molecule has 2 heterocycles. The average Bonchev–Trinajstić information content (AvgIpc) is 3.34. The Morgan fingerprint density at radius 1 is 1.07 bits per heavy atom. The molecular weight excluding hydrogens is 376 g/mol. The molecule has 2 N–H and O–H groups in total. The number of hydrazone groups is 1. The van der Waals surface area contributed by atoms with E-state index in [1.165, 1.54) is 5.56 Å². The number of aromatic nitrogens is 4. The summed E-state index contributed by atoms with van der Waals surface area (Å²) in [6.07, 6.45) is 1.60. The molecule has 4 rings (SSSR count). The van der Waals surface area contributed by atoms with Crippen LogP contribution in [0.5, 0.6) is 0 Å². The van der Waals surface area contributed by atoms with Crippen LogP contribution < -0.4 is 5.43 Å². The monoisotopic (exact) mass is 398 g/mol. The predicted octanol–water partition coefficient (Wildman–Crippen LogP) is 3.95. The number of hydrogen-bond donors (Lipinski definition) is 2. The number of amides is 1. The van der Waals surface area contributed by atoms with Crippen molar-refractivity contribution in [2.24, 2.45) is 5.10 Å². The lowest BCUT2D eigenvalue weighted by atomic mass is 10.1. The van der Waals surface area contributed by atoms with Crippen LogP contribution in [0.4, 0.5) is 0 Å². The predicted molar refractivity (Wildman–Crippen MR) is 117 cm³/mol. The fraction of sp³-hybridized carbons (Fsp3) is 0.130. The van der Waals surface area contributed by atoms with Crippen LogP contribution in [0.3, 0.4) is 0 Å². The summed E-state index contributed by atoms with van der Waals surface area (Å²) in [6.45, 7) is 5.94. The van der Waals surface area contributed by atoms with E-state index in [-0.39, 0.29) is 5.91 Å². The van der Waals surface area contributed by atoms with Crippen LogP contribution in [0.1, 0.15) is 33.0 Å². The Bertz CT molecular complexity index is 1200. The van der Waals surface area contributed by atoms with Gasteiger partial charge in [0, 0.05) is 5.56 Å². The number of carbonyl (C=O) groups excluding carboxylic acids is 1. The topological polar surface area (TPSA) is 88.0 Å². The number of carbonyl (C=O) groups is 1. The van der Waals surface area contributed by atoms with Crippen molar-refractivity contribution < 1.29 is 4.79 Å². The first-order valence-corrected chi connectivity index (χ1v) is 9.60. The molecular formula is C23H22N6O. The van der Waals surface area contributed by atoms with Gasteiger partial charge in [0.1, 0.15) is 5.69 Å². The smallest absolute Gasteiger partial charge is 0.272 e. The molecule has 0 radical (unpaired) electrons. The molecule has 1 amide bonds. The van der Waals surface area contributed by atoms with Crippen LogP contribution in [0.15, 0.2) is 65.8 Å². The van der Waals surface area contributed by atoms with Crippen molar-refractivity contribution in [1.82, 2.24) is 25.4 Å². The van der Waals surface area contributed by atoms with Gasteiger partial charge in [0.15, 0.2) is 0 Å². The Morgan fingerprint density at radius 3 is 2.53 bits per heavy atom. The van der Waals surface area contributed by atoms with Crippen molar-refractivity contribution in [2.45, 2.75) is 20.8 Å². The number of H-pyrrole nitrogens is 1. The number of para-hydroxylation sites is 1. The minimum atomic E-state index is -0.358. The fourth-order valence-corrected chi connectivity index (χ4v) is 3.28. The summed E-state index contributed by atoms with van der Waals surface area (Å²) in [5, 5.41) is 15.8.